The standard InChI is InChI=1S/C20H16ClF3N4OS/c21-18-14(8-4-10-25-18)26-17(29)9-5-11-30-19-27-15(13-6-2-1-3-7-13)12-16(28-19)20(22,23)24/h1-4,6-8,10,12H,5,9,11H2,(H,26,29). The Morgan fingerprint density at radius 1 is 1.10 bits per heavy atom. The highest BCUT2D eigenvalue weighted by Crippen LogP contribution is 2.32. The van der Waals surface area contributed by atoms with E-state index < -0.39 is 11.9 Å². The molecule has 0 saturated carbocycles. The number of rotatable bonds is 7. The van der Waals surface area contributed by atoms with Crippen molar-refractivity contribution < 1.29 is 18.0 Å². The molecule has 3 aromatic rings. The fraction of sp³-hybridized carbons (Fsp3) is 0.200. The van der Waals surface area contributed by atoms with Gasteiger partial charge >= 0.3 is 6.18 Å². The van der Waals surface area contributed by atoms with Crippen molar-refractivity contribution >= 4 is 35.0 Å². The number of anilines is 1. The molecule has 0 spiro atoms. The summed E-state index contributed by atoms with van der Waals surface area (Å²) in [5.74, 6) is 0.115. The number of carbonyl (C=O) groups excluding carboxylic acids is 1. The van der Waals surface area contributed by atoms with Crippen molar-refractivity contribution in [3.05, 3.63) is 65.6 Å². The van der Waals surface area contributed by atoms with Gasteiger partial charge in [-0.1, -0.05) is 53.7 Å². The summed E-state index contributed by atoms with van der Waals surface area (Å²) in [5.41, 5.74) is 0.178. The summed E-state index contributed by atoms with van der Waals surface area (Å²) in [7, 11) is 0. The van der Waals surface area contributed by atoms with Crippen molar-refractivity contribution in [2.75, 3.05) is 11.1 Å². The second-order valence-corrected chi connectivity index (χ2v) is 7.55. The van der Waals surface area contributed by atoms with Gasteiger partial charge in [0.1, 0.15) is 5.69 Å². The van der Waals surface area contributed by atoms with Gasteiger partial charge in [0.2, 0.25) is 5.91 Å². The Hall–Kier alpha value is -2.65. The van der Waals surface area contributed by atoms with Crippen molar-refractivity contribution in [2.24, 2.45) is 0 Å². The van der Waals surface area contributed by atoms with Crippen LogP contribution in [-0.4, -0.2) is 26.6 Å². The Kier molecular flexibility index (Phi) is 7.28. The van der Waals surface area contributed by atoms with E-state index in [2.05, 4.69) is 20.3 Å². The summed E-state index contributed by atoms with van der Waals surface area (Å²) in [6.07, 6.45) is -2.48. The van der Waals surface area contributed by atoms with Crippen LogP contribution < -0.4 is 5.32 Å². The van der Waals surface area contributed by atoms with Gasteiger partial charge in [-0.3, -0.25) is 4.79 Å². The van der Waals surface area contributed by atoms with Gasteiger partial charge in [-0.25, -0.2) is 15.0 Å². The third-order valence-corrected chi connectivity index (χ3v) is 5.11. The molecule has 0 radical (unpaired) electrons. The molecule has 0 unspecified atom stereocenters. The maximum absolute atomic E-state index is 13.2. The number of hydrogen-bond acceptors (Lipinski definition) is 5. The van der Waals surface area contributed by atoms with Gasteiger partial charge in [0.05, 0.1) is 11.4 Å². The molecule has 2 heterocycles. The largest absolute Gasteiger partial charge is 0.433 e. The lowest BCUT2D eigenvalue weighted by atomic mass is 10.1. The van der Waals surface area contributed by atoms with Gasteiger partial charge < -0.3 is 5.32 Å². The Bertz CT molecular complexity index is 1020. The van der Waals surface area contributed by atoms with Gasteiger partial charge in [-0.2, -0.15) is 13.2 Å². The monoisotopic (exact) mass is 452 g/mol. The lowest BCUT2D eigenvalue weighted by molar-refractivity contribution is -0.141. The zero-order valence-corrected chi connectivity index (χ0v) is 17.1. The van der Waals surface area contributed by atoms with Crippen LogP contribution in [0, 0.1) is 0 Å². The van der Waals surface area contributed by atoms with E-state index in [9.17, 15) is 18.0 Å². The van der Waals surface area contributed by atoms with E-state index in [-0.39, 0.29) is 28.3 Å². The molecule has 1 amide bonds. The van der Waals surface area contributed by atoms with Crippen LogP contribution in [0.15, 0.2) is 59.9 Å². The van der Waals surface area contributed by atoms with E-state index in [4.69, 9.17) is 11.6 Å². The van der Waals surface area contributed by atoms with Crippen molar-refractivity contribution in [3.8, 4) is 11.3 Å². The zero-order chi connectivity index (χ0) is 21.6. The Balaban J connectivity index is 1.62. The second kappa shape index (κ2) is 9.90. The number of halogens is 4. The molecule has 0 aliphatic carbocycles. The Morgan fingerprint density at radius 3 is 2.57 bits per heavy atom. The van der Waals surface area contributed by atoms with Crippen LogP contribution in [0.2, 0.25) is 5.15 Å². The molecule has 0 atom stereocenters. The average molecular weight is 453 g/mol. The highest BCUT2D eigenvalue weighted by molar-refractivity contribution is 7.99. The molecule has 10 heteroatoms. The maximum atomic E-state index is 13.2. The smallest absolute Gasteiger partial charge is 0.323 e. The maximum Gasteiger partial charge on any atom is 0.433 e. The predicted octanol–water partition coefficient (Wildman–Crippen LogP) is 5.72. The van der Waals surface area contributed by atoms with Crippen LogP contribution in [0.4, 0.5) is 18.9 Å². The normalized spacial score (nSPS) is 11.3. The van der Waals surface area contributed by atoms with E-state index in [1.807, 2.05) is 0 Å². The van der Waals surface area contributed by atoms with Crippen LogP contribution in [0.3, 0.4) is 0 Å². The lowest BCUT2D eigenvalue weighted by Gasteiger charge is -2.10. The van der Waals surface area contributed by atoms with E-state index >= 15 is 0 Å². The molecule has 5 nitrogen and oxygen atoms in total. The first-order valence-electron chi connectivity index (χ1n) is 8.88. The van der Waals surface area contributed by atoms with Crippen LogP contribution >= 0.6 is 23.4 Å². The molecule has 2 aromatic heterocycles. The fourth-order valence-corrected chi connectivity index (χ4v) is 3.44. The quantitative estimate of drug-likeness (QED) is 0.215. The minimum atomic E-state index is -4.58. The van der Waals surface area contributed by atoms with Crippen molar-refractivity contribution in [3.63, 3.8) is 0 Å². The summed E-state index contributed by atoms with van der Waals surface area (Å²) in [5, 5.41) is 2.85. The van der Waals surface area contributed by atoms with Gasteiger partial charge in [0.15, 0.2) is 10.3 Å². The number of pyridine rings is 1. The lowest BCUT2D eigenvalue weighted by Crippen LogP contribution is -2.12. The first kappa shape index (κ1) is 22.0. The number of alkyl halides is 3. The molecule has 0 aliphatic rings. The number of amides is 1. The molecule has 30 heavy (non-hydrogen) atoms. The summed E-state index contributed by atoms with van der Waals surface area (Å²) in [4.78, 5) is 23.7. The summed E-state index contributed by atoms with van der Waals surface area (Å²) in [6, 6.07) is 12.8. The number of hydrogen-bond donors (Lipinski definition) is 1. The summed E-state index contributed by atoms with van der Waals surface area (Å²) >= 11 is 6.96. The van der Waals surface area contributed by atoms with Crippen molar-refractivity contribution in [1.29, 1.82) is 0 Å². The number of carbonyl (C=O) groups is 1. The third-order valence-electron chi connectivity index (χ3n) is 3.88. The van der Waals surface area contributed by atoms with Crippen molar-refractivity contribution in [2.45, 2.75) is 24.2 Å². The predicted molar refractivity (Wildman–Crippen MR) is 110 cm³/mol. The first-order valence-corrected chi connectivity index (χ1v) is 10.2. The molecule has 3 rings (SSSR count). The molecule has 156 valence electrons. The zero-order valence-electron chi connectivity index (χ0n) is 15.5. The van der Waals surface area contributed by atoms with Crippen LogP contribution in [-0.2, 0) is 11.0 Å². The summed E-state index contributed by atoms with van der Waals surface area (Å²) < 4.78 is 39.7. The fourth-order valence-electron chi connectivity index (χ4n) is 2.48. The molecular weight excluding hydrogens is 437 g/mol. The SMILES string of the molecule is O=C(CCCSc1nc(-c2ccccc2)cc(C(F)(F)F)n1)Nc1cccnc1Cl. The molecule has 1 N–H and O–H groups in total. The van der Waals surface area contributed by atoms with Crippen molar-refractivity contribution in [1.82, 2.24) is 15.0 Å². The van der Waals surface area contributed by atoms with Crippen LogP contribution in [0.25, 0.3) is 11.3 Å². The van der Waals surface area contributed by atoms with Crippen LogP contribution in [0.5, 0.6) is 0 Å². The Morgan fingerprint density at radius 2 is 1.87 bits per heavy atom. The van der Waals surface area contributed by atoms with Gasteiger partial charge in [0, 0.05) is 23.9 Å². The number of nitrogens with zero attached hydrogens (tertiary/aromatic N) is 3. The topological polar surface area (TPSA) is 67.8 Å². The third kappa shape index (κ3) is 6.17. The summed E-state index contributed by atoms with van der Waals surface area (Å²) in [6.45, 7) is 0. The highest BCUT2D eigenvalue weighted by Gasteiger charge is 2.33. The Labute approximate surface area is 180 Å². The average Bonchev–Trinajstić information content (AvgIpc) is 2.73. The second-order valence-electron chi connectivity index (χ2n) is 6.13. The molecule has 0 aliphatic heterocycles. The molecule has 0 fully saturated rings. The molecule has 0 saturated heterocycles. The highest BCUT2D eigenvalue weighted by atomic mass is 35.5. The first-order chi connectivity index (χ1) is 14.3. The number of aromatic nitrogens is 3. The minimum Gasteiger partial charge on any atom is -0.323 e. The number of benzene rings is 1. The molecule has 1 aromatic carbocycles. The van der Waals surface area contributed by atoms with E-state index in [0.717, 1.165) is 17.8 Å². The molecule has 0 bridgehead atoms. The van der Waals surface area contributed by atoms with E-state index in [0.29, 0.717) is 23.4 Å². The van der Waals surface area contributed by atoms with E-state index in [1.165, 1.54) is 6.20 Å². The number of nitrogens with one attached hydrogen (secondary N) is 1. The number of thioether (sulfide) groups is 1. The van der Waals surface area contributed by atoms with Crippen LogP contribution in [0.1, 0.15) is 18.5 Å². The molecular formula is C20H16ClF3N4OS. The van der Waals surface area contributed by atoms with Gasteiger partial charge in [-0.15, -0.1) is 0 Å². The minimum absolute atomic E-state index is 0.0133. The van der Waals surface area contributed by atoms with Gasteiger partial charge in [0.25, 0.3) is 0 Å². The van der Waals surface area contributed by atoms with E-state index in [1.54, 1.807) is 42.5 Å². The van der Waals surface area contributed by atoms with Gasteiger partial charge in [-0.05, 0) is 24.6 Å².